The van der Waals surface area contributed by atoms with E-state index in [9.17, 15) is 21.6 Å². The normalized spacial score (nSPS) is 18.7. The molecule has 0 radical (unpaired) electrons. The van der Waals surface area contributed by atoms with Crippen LogP contribution >= 0.6 is 0 Å². The Labute approximate surface area is 148 Å². The molecule has 1 fully saturated rings. The molecule has 3 rings (SSSR count). The predicted molar refractivity (Wildman–Crippen MR) is 90.3 cm³/mol. The van der Waals surface area contributed by atoms with E-state index in [1.807, 2.05) is 4.90 Å². The molecule has 0 amide bonds. The molecule has 0 aliphatic carbocycles. The first-order valence-corrected chi connectivity index (χ1v) is 9.41. The molecular formula is C16H17F3N4O2S. The molecule has 6 nitrogen and oxygen atoms in total. The average molecular weight is 386 g/mol. The van der Waals surface area contributed by atoms with E-state index in [4.69, 9.17) is 5.73 Å². The first-order valence-electron chi connectivity index (χ1n) is 7.93. The van der Waals surface area contributed by atoms with Gasteiger partial charge in [0.15, 0.2) is 0 Å². The Morgan fingerprint density at radius 1 is 1.15 bits per heavy atom. The largest absolute Gasteiger partial charge is 0.501 e. The molecule has 2 N–H and O–H groups in total. The summed E-state index contributed by atoms with van der Waals surface area (Å²) in [6.45, 7) is 1.34. The second-order valence-electron chi connectivity index (χ2n) is 6.07. The summed E-state index contributed by atoms with van der Waals surface area (Å²) in [5.41, 5.74) is 1.79. The van der Waals surface area contributed by atoms with E-state index in [1.165, 1.54) is 12.1 Å². The van der Waals surface area contributed by atoms with Crippen molar-refractivity contribution in [2.45, 2.75) is 29.2 Å². The number of benzene rings is 1. The summed E-state index contributed by atoms with van der Waals surface area (Å²) < 4.78 is 60.8. The Balaban J connectivity index is 1.79. The van der Waals surface area contributed by atoms with Crippen LogP contribution in [0.2, 0.25) is 0 Å². The first kappa shape index (κ1) is 18.4. The SMILES string of the molecule is Nc1nccc(C2CCCN(c3ccc(S(=O)(=O)C(F)(F)F)cc3)C2)n1. The minimum Gasteiger partial charge on any atom is -0.371 e. The van der Waals surface area contributed by atoms with Gasteiger partial charge >= 0.3 is 5.51 Å². The van der Waals surface area contributed by atoms with Crippen LogP contribution < -0.4 is 10.6 Å². The van der Waals surface area contributed by atoms with E-state index in [0.29, 0.717) is 12.2 Å². The lowest BCUT2D eigenvalue weighted by atomic mass is 9.94. The van der Waals surface area contributed by atoms with Crippen molar-refractivity contribution in [2.24, 2.45) is 0 Å². The third-order valence-electron chi connectivity index (χ3n) is 4.35. The quantitative estimate of drug-likeness (QED) is 0.873. The maximum Gasteiger partial charge on any atom is 0.501 e. The molecule has 1 aliphatic heterocycles. The monoisotopic (exact) mass is 386 g/mol. The van der Waals surface area contributed by atoms with Crippen LogP contribution in [0.25, 0.3) is 0 Å². The van der Waals surface area contributed by atoms with Crippen molar-refractivity contribution in [3.63, 3.8) is 0 Å². The molecule has 2 heterocycles. The lowest BCUT2D eigenvalue weighted by molar-refractivity contribution is -0.0436. The molecule has 0 bridgehead atoms. The van der Waals surface area contributed by atoms with E-state index in [0.717, 1.165) is 37.2 Å². The van der Waals surface area contributed by atoms with Gasteiger partial charge in [-0.2, -0.15) is 13.2 Å². The molecule has 10 heteroatoms. The van der Waals surface area contributed by atoms with Gasteiger partial charge in [0.05, 0.1) is 10.6 Å². The average Bonchev–Trinajstić information content (AvgIpc) is 2.61. The maximum absolute atomic E-state index is 12.6. The summed E-state index contributed by atoms with van der Waals surface area (Å²) in [5.74, 6) is 0.314. The minimum atomic E-state index is -5.33. The van der Waals surface area contributed by atoms with Crippen LogP contribution in [0.5, 0.6) is 0 Å². The maximum atomic E-state index is 12.6. The fraction of sp³-hybridized carbons (Fsp3) is 0.375. The molecular weight excluding hydrogens is 369 g/mol. The molecule has 1 saturated heterocycles. The lowest BCUT2D eigenvalue weighted by Crippen LogP contribution is -2.34. The summed E-state index contributed by atoms with van der Waals surface area (Å²) in [4.78, 5) is 9.34. The zero-order valence-electron chi connectivity index (χ0n) is 13.6. The molecule has 140 valence electrons. The Morgan fingerprint density at radius 3 is 2.46 bits per heavy atom. The number of nitrogens with zero attached hydrogens (tertiary/aromatic N) is 3. The number of halogens is 3. The molecule has 26 heavy (non-hydrogen) atoms. The second kappa shape index (κ2) is 6.75. The molecule has 0 spiro atoms. The zero-order chi connectivity index (χ0) is 18.9. The Morgan fingerprint density at radius 2 is 1.85 bits per heavy atom. The Bertz CT molecular complexity index is 885. The van der Waals surface area contributed by atoms with Gasteiger partial charge in [-0.15, -0.1) is 0 Å². The van der Waals surface area contributed by atoms with Crippen molar-refractivity contribution in [1.29, 1.82) is 0 Å². The number of hydrogen-bond donors (Lipinski definition) is 1. The summed E-state index contributed by atoms with van der Waals surface area (Å²) in [5, 5.41) is 0. The fourth-order valence-corrected chi connectivity index (χ4v) is 3.80. The number of anilines is 2. The summed E-state index contributed by atoms with van der Waals surface area (Å²) in [7, 11) is -5.33. The highest BCUT2D eigenvalue weighted by molar-refractivity contribution is 7.92. The Kier molecular flexibility index (Phi) is 4.78. The van der Waals surface area contributed by atoms with Gasteiger partial charge in [0.25, 0.3) is 9.84 Å². The van der Waals surface area contributed by atoms with Crippen LogP contribution in [0, 0.1) is 0 Å². The van der Waals surface area contributed by atoms with Gasteiger partial charge in [0.2, 0.25) is 5.95 Å². The van der Waals surface area contributed by atoms with Crippen molar-refractivity contribution in [3.8, 4) is 0 Å². The van der Waals surface area contributed by atoms with Crippen LogP contribution in [0.15, 0.2) is 41.4 Å². The number of piperidine rings is 1. The summed E-state index contributed by atoms with van der Waals surface area (Å²) in [6.07, 6.45) is 3.37. The molecule has 1 atom stereocenters. The van der Waals surface area contributed by atoms with E-state index in [-0.39, 0.29) is 11.9 Å². The van der Waals surface area contributed by atoms with Crippen molar-refractivity contribution < 1.29 is 21.6 Å². The minimum absolute atomic E-state index is 0.118. The fourth-order valence-electron chi connectivity index (χ4n) is 3.04. The number of hydrogen-bond acceptors (Lipinski definition) is 6. The van der Waals surface area contributed by atoms with Crippen LogP contribution in [0.3, 0.4) is 0 Å². The predicted octanol–water partition coefficient (Wildman–Crippen LogP) is 2.74. The van der Waals surface area contributed by atoms with Gasteiger partial charge in [-0.05, 0) is 43.2 Å². The third-order valence-corrected chi connectivity index (χ3v) is 5.85. The van der Waals surface area contributed by atoms with Gasteiger partial charge in [-0.1, -0.05) is 0 Å². The summed E-state index contributed by atoms with van der Waals surface area (Å²) in [6, 6.07) is 6.57. The van der Waals surface area contributed by atoms with E-state index in [1.54, 1.807) is 12.3 Å². The number of aromatic nitrogens is 2. The van der Waals surface area contributed by atoms with Crippen molar-refractivity contribution in [2.75, 3.05) is 23.7 Å². The smallest absolute Gasteiger partial charge is 0.371 e. The highest BCUT2D eigenvalue weighted by Gasteiger charge is 2.46. The number of nitrogen functional groups attached to an aromatic ring is 1. The lowest BCUT2D eigenvalue weighted by Gasteiger charge is -2.34. The summed E-state index contributed by atoms with van der Waals surface area (Å²) >= 11 is 0. The number of alkyl halides is 3. The molecule has 1 aromatic carbocycles. The standard InChI is InChI=1S/C16H17F3N4O2S/c17-16(18,19)26(24,25)13-5-3-12(4-6-13)23-9-1-2-11(10-23)14-7-8-21-15(20)22-14/h3-8,11H,1-2,9-10H2,(H2,20,21,22). The second-order valence-corrected chi connectivity index (χ2v) is 8.01. The molecule has 1 aliphatic rings. The highest BCUT2D eigenvalue weighted by atomic mass is 32.2. The first-order chi connectivity index (χ1) is 12.2. The number of sulfone groups is 1. The van der Waals surface area contributed by atoms with E-state index >= 15 is 0 Å². The number of rotatable bonds is 3. The van der Waals surface area contributed by atoms with Gasteiger partial charge < -0.3 is 10.6 Å². The van der Waals surface area contributed by atoms with Gasteiger partial charge in [0.1, 0.15) is 0 Å². The van der Waals surface area contributed by atoms with E-state index in [2.05, 4.69) is 9.97 Å². The third kappa shape index (κ3) is 3.59. The Hall–Kier alpha value is -2.36. The topological polar surface area (TPSA) is 89.2 Å². The van der Waals surface area contributed by atoms with Crippen LogP contribution in [-0.2, 0) is 9.84 Å². The molecule has 0 saturated carbocycles. The van der Waals surface area contributed by atoms with Gasteiger partial charge in [-0.25, -0.2) is 18.4 Å². The zero-order valence-corrected chi connectivity index (χ0v) is 14.5. The van der Waals surface area contributed by atoms with Crippen molar-refractivity contribution in [3.05, 3.63) is 42.2 Å². The molecule has 1 unspecified atom stereocenters. The van der Waals surface area contributed by atoms with Crippen molar-refractivity contribution in [1.82, 2.24) is 9.97 Å². The number of nitrogens with two attached hydrogens (primary N) is 1. The van der Waals surface area contributed by atoms with Crippen LogP contribution in [0.1, 0.15) is 24.5 Å². The van der Waals surface area contributed by atoms with Gasteiger partial charge in [0, 0.05) is 30.9 Å². The van der Waals surface area contributed by atoms with Crippen LogP contribution in [-0.4, -0.2) is 37.0 Å². The van der Waals surface area contributed by atoms with E-state index < -0.39 is 20.2 Å². The molecule has 2 aromatic rings. The highest BCUT2D eigenvalue weighted by Crippen LogP contribution is 2.33. The molecule has 1 aromatic heterocycles. The van der Waals surface area contributed by atoms with Crippen molar-refractivity contribution >= 4 is 21.5 Å². The van der Waals surface area contributed by atoms with Crippen LogP contribution in [0.4, 0.5) is 24.8 Å². The van der Waals surface area contributed by atoms with Gasteiger partial charge in [-0.3, -0.25) is 0 Å².